The van der Waals surface area contributed by atoms with Gasteiger partial charge in [0.15, 0.2) is 20.3 Å². The van der Waals surface area contributed by atoms with Crippen molar-refractivity contribution in [3.05, 3.63) is 44.8 Å². The molecule has 0 aromatic carbocycles. The van der Waals surface area contributed by atoms with E-state index in [9.17, 15) is 18.0 Å². The van der Waals surface area contributed by atoms with Gasteiger partial charge in [0.05, 0.1) is 26.3 Å². The summed E-state index contributed by atoms with van der Waals surface area (Å²) in [6.07, 6.45) is 0. The lowest BCUT2D eigenvalue weighted by Crippen LogP contribution is -2.59. The van der Waals surface area contributed by atoms with Crippen molar-refractivity contribution in [3.63, 3.8) is 0 Å². The summed E-state index contributed by atoms with van der Waals surface area (Å²) in [5.41, 5.74) is 0. The van der Waals surface area contributed by atoms with Gasteiger partial charge in [0.25, 0.3) is 0 Å². The molecule has 3 rings (SSSR count). The van der Waals surface area contributed by atoms with E-state index in [2.05, 4.69) is 5.32 Å². The van der Waals surface area contributed by atoms with Gasteiger partial charge in [-0.25, -0.2) is 8.42 Å². The number of thiophene rings is 2. The van der Waals surface area contributed by atoms with E-state index in [0.717, 1.165) is 14.2 Å². The zero-order valence-corrected chi connectivity index (χ0v) is 16.4. The Hall–Kier alpha value is -1.75. The van der Waals surface area contributed by atoms with Gasteiger partial charge in [-0.15, -0.1) is 22.7 Å². The van der Waals surface area contributed by atoms with Crippen molar-refractivity contribution < 1.29 is 27.5 Å². The van der Waals surface area contributed by atoms with Crippen LogP contribution in [0.5, 0.6) is 0 Å². The zero-order valence-electron chi connectivity index (χ0n) is 13.9. The normalized spacial score (nSPS) is 27.6. The van der Waals surface area contributed by atoms with Crippen molar-refractivity contribution >= 4 is 44.4 Å². The van der Waals surface area contributed by atoms with Gasteiger partial charge in [-0.05, 0) is 22.9 Å². The summed E-state index contributed by atoms with van der Waals surface area (Å²) >= 11 is 2.66. The number of esters is 2. The summed E-state index contributed by atoms with van der Waals surface area (Å²) in [5.74, 6) is -1.82. The fraction of sp³-hybridized carbons (Fsp3) is 0.375. The number of rotatable bonds is 4. The molecule has 1 saturated heterocycles. The van der Waals surface area contributed by atoms with Gasteiger partial charge >= 0.3 is 11.9 Å². The minimum absolute atomic E-state index is 0.675. The van der Waals surface area contributed by atoms with Gasteiger partial charge in [0, 0.05) is 9.75 Å². The van der Waals surface area contributed by atoms with Crippen LogP contribution in [-0.2, 0) is 28.9 Å². The second-order valence-electron chi connectivity index (χ2n) is 5.63. The number of hydrogen-bond donors (Lipinski definition) is 1. The van der Waals surface area contributed by atoms with E-state index in [0.29, 0.717) is 9.75 Å². The molecule has 0 unspecified atom stereocenters. The second kappa shape index (κ2) is 7.47. The summed E-state index contributed by atoms with van der Waals surface area (Å²) in [7, 11) is -1.98. The number of hydrogen-bond acceptors (Lipinski definition) is 9. The van der Waals surface area contributed by atoms with Crippen molar-refractivity contribution in [2.75, 3.05) is 14.2 Å². The predicted molar refractivity (Wildman–Crippen MR) is 97.8 cm³/mol. The fourth-order valence-electron chi connectivity index (χ4n) is 3.08. The third-order valence-electron chi connectivity index (χ3n) is 4.24. The van der Waals surface area contributed by atoms with Gasteiger partial charge in [0.1, 0.15) is 0 Å². The summed E-state index contributed by atoms with van der Waals surface area (Å²) in [6.45, 7) is 0. The van der Waals surface area contributed by atoms with Crippen LogP contribution in [0.3, 0.4) is 0 Å². The molecule has 7 nitrogen and oxygen atoms in total. The summed E-state index contributed by atoms with van der Waals surface area (Å²) < 4.78 is 36.1. The highest BCUT2D eigenvalue weighted by molar-refractivity contribution is 7.94. The molecule has 4 atom stereocenters. The Morgan fingerprint density at radius 1 is 0.923 bits per heavy atom. The Labute approximate surface area is 158 Å². The van der Waals surface area contributed by atoms with Crippen LogP contribution in [0.15, 0.2) is 35.0 Å². The minimum atomic E-state index is -4.24. The van der Waals surface area contributed by atoms with E-state index in [1.165, 1.54) is 22.7 Å². The average molecular weight is 416 g/mol. The Morgan fingerprint density at radius 3 is 1.65 bits per heavy atom. The van der Waals surface area contributed by atoms with Crippen molar-refractivity contribution in [2.45, 2.75) is 22.6 Å². The summed E-state index contributed by atoms with van der Waals surface area (Å²) in [4.78, 5) is 26.1. The molecule has 2 aromatic heterocycles. The number of methoxy groups -OCH3 is 2. The molecule has 3 heterocycles. The van der Waals surface area contributed by atoms with Crippen LogP contribution >= 0.6 is 22.7 Å². The number of carbonyl (C=O) groups is 2. The van der Waals surface area contributed by atoms with E-state index in [1.54, 1.807) is 35.0 Å². The first-order valence-corrected chi connectivity index (χ1v) is 11.0. The van der Waals surface area contributed by atoms with Crippen LogP contribution in [0, 0.1) is 0 Å². The molecule has 1 N–H and O–H groups in total. The van der Waals surface area contributed by atoms with E-state index in [-0.39, 0.29) is 0 Å². The maximum atomic E-state index is 13.3. The maximum Gasteiger partial charge on any atom is 0.326 e. The molecule has 1 aliphatic heterocycles. The first kappa shape index (κ1) is 19.0. The molecule has 0 bridgehead atoms. The molecule has 0 amide bonds. The van der Waals surface area contributed by atoms with Gasteiger partial charge in [0.2, 0.25) is 0 Å². The quantitative estimate of drug-likeness (QED) is 0.759. The topological polar surface area (TPSA) is 98.8 Å². The molecule has 0 aliphatic carbocycles. The number of carbonyl (C=O) groups excluding carboxylic acids is 2. The first-order chi connectivity index (χ1) is 12.4. The van der Waals surface area contributed by atoms with Crippen molar-refractivity contribution in [2.24, 2.45) is 0 Å². The largest absolute Gasteiger partial charge is 0.468 e. The molecule has 1 fully saturated rings. The molecular weight excluding hydrogens is 398 g/mol. The van der Waals surface area contributed by atoms with Crippen LogP contribution in [0.25, 0.3) is 0 Å². The van der Waals surface area contributed by atoms with Crippen LogP contribution in [0.2, 0.25) is 0 Å². The minimum Gasteiger partial charge on any atom is -0.468 e. The molecule has 1 aliphatic rings. The number of ether oxygens (including phenoxy) is 2. The Bertz CT molecular complexity index is 809. The lowest BCUT2D eigenvalue weighted by atomic mass is 10.1. The Kier molecular flexibility index (Phi) is 5.47. The maximum absolute atomic E-state index is 13.3. The second-order valence-corrected chi connectivity index (χ2v) is 9.78. The predicted octanol–water partition coefficient (Wildman–Crippen LogP) is 1.69. The SMILES string of the molecule is COC(=O)[C@@H]1[C@H](c2cccs2)N[C@@H](c2cccs2)[C@@H](C(=O)OC)S1(=O)=O. The van der Waals surface area contributed by atoms with Crippen molar-refractivity contribution in [1.29, 1.82) is 0 Å². The molecule has 2 aromatic rings. The molecule has 140 valence electrons. The highest BCUT2D eigenvalue weighted by Crippen LogP contribution is 2.41. The molecule has 26 heavy (non-hydrogen) atoms. The number of sulfone groups is 1. The lowest BCUT2D eigenvalue weighted by molar-refractivity contribution is -0.142. The fourth-order valence-corrected chi connectivity index (χ4v) is 7.15. The van der Waals surface area contributed by atoms with E-state index in [4.69, 9.17) is 9.47 Å². The smallest absolute Gasteiger partial charge is 0.326 e. The highest BCUT2D eigenvalue weighted by Gasteiger charge is 2.57. The van der Waals surface area contributed by atoms with E-state index < -0.39 is 44.4 Å². The Morgan fingerprint density at radius 2 is 1.35 bits per heavy atom. The number of nitrogens with one attached hydrogen (secondary N) is 1. The van der Waals surface area contributed by atoms with Crippen molar-refractivity contribution in [3.8, 4) is 0 Å². The third kappa shape index (κ3) is 3.18. The highest BCUT2D eigenvalue weighted by atomic mass is 32.2. The average Bonchev–Trinajstić information content (AvgIpc) is 3.32. The Balaban J connectivity index is 2.17. The van der Waals surface area contributed by atoms with E-state index >= 15 is 0 Å². The lowest BCUT2D eigenvalue weighted by Gasteiger charge is -2.39. The van der Waals surface area contributed by atoms with Crippen LogP contribution < -0.4 is 5.32 Å². The molecule has 10 heteroatoms. The van der Waals surface area contributed by atoms with Crippen LogP contribution in [-0.4, -0.2) is 45.1 Å². The zero-order chi connectivity index (χ0) is 18.9. The summed E-state index contributed by atoms with van der Waals surface area (Å²) in [6, 6.07) is 5.40. The first-order valence-electron chi connectivity index (χ1n) is 7.63. The van der Waals surface area contributed by atoms with Crippen LogP contribution in [0.4, 0.5) is 0 Å². The van der Waals surface area contributed by atoms with Gasteiger partial charge in [-0.3, -0.25) is 14.9 Å². The molecule has 0 saturated carbocycles. The molecular formula is C16H17NO6S3. The van der Waals surface area contributed by atoms with Crippen molar-refractivity contribution in [1.82, 2.24) is 5.32 Å². The van der Waals surface area contributed by atoms with E-state index in [1.807, 2.05) is 0 Å². The molecule has 0 radical (unpaired) electrons. The monoisotopic (exact) mass is 415 g/mol. The third-order valence-corrected chi connectivity index (χ3v) is 8.49. The summed E-state index contributed by atoms with van der Waals surface area (Å²) in [5, 5.41) is 3.71. The van der Waals surface area contributed by atoms with Gasteiger partial charge in [-0.2, -0.15) is 0 Å². The molecule has 0 spiro atoms. The van der Waals surface area contributed by atoms with Crippen LogP contribution in [0.1, 0.15) is 21.8 Å². The standard InChI is InChI=1S/C16H17NO6S3/c1-22-15(18)13-11(9-5-3-7-24-9)17-12(10-6-4-8-25-10)14(16(19)23-2)26(13,20)21/h3-8,11-14,17H,1-2H3/t11-,12-,13-,14-/m0/s1. The van der Waals surface area contributed by atoms with Gasteiger partial charge < -0.3 is 9.47 Å². The van der Waals surface area contributed by atoms with Gasteiger partial charge in [-0.1, -0.05) is 12.1 Å².